The number of ketones is 1. The maximum absolute atomic E-state index is 11.9. The van der Waals surface area contributed by atoms with Crippen molar-refractivity contribution in [2.75, 3.05) is 20.6 Å². The van der Waals surface area contributed by atoms with Crippen molar-refractivity contribution in [3.8, 4) is 0 Å². The zero-order chi connectivity index (χ0) is 10.7. The van der Waals surface area contributed by atoms with Crippen LogP contribution in [0.5, 0.6) is 0 Å². The fourth-order valence-corrected chi connectivity index (χ4v) is 2.03. The molecule has 0 bridgehead atoms. The third-order valence-electron chi connectivity index (χ3n) is 2.57. The van der Waals surface area contributed by atoms with E-state index in [0.717, 1.165) is 25.0 Å². The fourth-order valence-electron chi connectivity index (χ4n) is 2.03. The van der Waals surface area contributed by atoms with Gasteiger partial charge in [-0.15, -0.1) is 0 Å². The molecule has 0 aromatic rings. The molecule has 1 fully saturated rings. The first-order chi connectivity index (χ1) is 6.50. The fraction of sp³-hybridized carbons (Fsp3) is 0.750. The molecule has 0 aromatic heterocycles. The Hall–Kier alpha value is -0.630. The second-order valence-electron chi connectivity index (χ2n) is 4.80. The van der Waals surface area contributed by atoms with Crippen LogP contribution < -0.4 is 0 Å². The molecule has 1 aliphatic carbocycles. The molecule has 1 atom stereocenters. The van der Waals surface area contributed by atoms with Crippen LogP contribution in [0.2, 0.25) is 0 Å². The van der Waals surface area contributed by atoms with Crippen molar-refractivity contribution < 1.29 is 4.79 Å². The Kier molecular flexibility index (Phi) is 3.87. The van der Waals surface area contributed by atoms with Gasteiger partial charge in [0.1, 0.15) is 0 Å². The zero-order valence-corrected chi connectivity index (χ0v) is 9.71. The van der Waals surface area contributed by atoms with Crippen molar-refractivity contribution in [3.05, 3.63) is 11.6 Å². The van der Waals surface area contributed by atoms with Crippen molar-refractivity contribution in [2.45, 2.75) is 26.7 Å². The number of rotatable bonds is 3. The minimum Gasteiger partial charge on any atom is -0.309 e. The van der Waals surface area contributed by atoms with E-state index in [2.05, 4.69) is 24.8 Å². The minimum absolute atomic E-state index is 0.245. The molecule has 1 rings (SSSR count). The van der Waals surface area contributed by atoms with Crippen LogP contribution in [0.3, 0.4) is 0 Å². The van der Waals surface area contributed by atoms with Gasteiger partial charge in [0.2, 0.25) is 0 Å². The molecule has 2 heteroatoms. The molecule has 2 nitrogen and oxygen atoms in total. The van der Waals surface area contributed by atoms with Crippen LogP contribution in [0.4, 0.5) is 0 Å². The molecule has 14 heavy (non-hydrogen) atoms. The largest absolute Gasteiger partial charge is 0.309 e. The highest BCUT2D eigenvalue weighted by atomic mass is 16.1. The average Bonchev–Trinajstić information content (AvgIpc) is 2.34. The van der Waals surface area contributed by atoms with Gasteiger partial charge in [0.05, 0.1) is 0 Å². The number of hydrogen-bond acceptors (Lipinski definition) is 2. The van der Waals surface area contributed by atoms with Gasteiger partial charge in [-0.2, -0.15) is 0 Å². The summed E-state index contributed by atoms with van der Waals surface area (Å²) >= 11 is 0. The second-order valence-corrected chi connectivity index (χ2v) is 4.80. The van der Waals surface area contributed by atoms with Crippen LogP contribution in [0.1, 0.15) is 26.7 Å². The average molecular weight is 195 g/mol. The molecule has 0 amide bonds. The van der Waals surface area contributed by atoms with E-state index in [-0.39, 0.29) is 5.92 Å². The number of allylic oxidation sites excluding steroid dienone is 2. The molecule has 0 aromatic carbocycles. The molecule has 1 aliphatic rings. The van der Waals surface area contributed by atoms with Gasteiger partial charge in [-0.3, -0.25) is 4.79 Å². The molecule has 1 saturated carbocycles. The minimum atomic E-state index is 0.245. The topological polar surface area (TPSA) is 20.3 Å². The molecule has 0 N–H and O–H groups in total. The summed E-state index contributed by atoms with van der Waals surface area (Å²) in [7, 11) is 4.05. The van der Waals surface area contributed by atoms with Crippen LogP contribution >= 0.6 is 0 Å². The Morgan fingerprint density at radius 2 is 2.14 bits per heavy atom. The number of Topliss-reactive ketones (excluding diaryl/α,β-unsaturated/α-hetero) is 1. The van der Waals surface area contributed by atoms with Gasteiger partial charge in [-0.1, -0.05) is 19.9 Å². The summed E-state index contributed by atoms with van der Waals surface area (Å²) in [5.41, 5.74) is 1.06. The third kappa shape index (κ3) is 2.95. The molecule has 80 valence electrons. The Balaban J connectivity index is 2.60. The van der Waals surface area contributed by atoms with E-state index in [0.29, 0.717) is 11.7 Å². The van der Waals surface area contributed by atoms with E-state index < -0.39 is 0 Å². The van der Waals surface area contributed by atoms with Crippen LogP contribution in [0.25, 0.3) is 0 Å². The number of nitrogens with zero attached hydrogens (tertiary/aromatic N) is 1. The standard InChI is InChI=1S/C12H21NO/c1-9(2)7-10-5-6-11(12(10)14)8-13(3)4/h7,9,11H,5-6,8H2,1-4H3/b10-7-. The highest BCUT2D eigenvalue weighted by Gasteiger charge is 2.29. The molecule has 0 radical (unpaired) electrons. The van der Waals surface area contributed by atoms with Gasteiger partial charge < -0.3 is 4.90 Å². The number of carbonyl (C=O) groups is 1. The first kappa shape index (κ1) is 11.4. The Labute approximate surface area is 87.0 Å². The van der Waals surface area contributed by atoms with E-state index in [1.54, 1.807) is 0 Å². The monoisotopic (exact) mass is 195 g/mol. The van der Waals surface area contributed by atoms with Gasteiger partial charge in [-0.25, -0.2) is 0 Å². The maximum Gasteiger partial charge on any atom is 0.162 e. The summed E-state index contributed by atoms with van der Waals surface area (Å²) < 4.78 is 0. The van der Waals surface area contributed by atoms with Gasteiger partial charge in [0.25, 0.3) is 0 Å². The SMILES string of the molecule is CC(C)/C=C1/CCC(CN(C)C)C1=O. The molecule has 0 heterocycles. The normalized spacial score (nSPS) is 25.7. The van der Waals surface area contributed by atoms with Crippen LogP contribution in [0, 0.1) is 11.8 Å². The smallest absolute Gasteiger partial charge is 0.162 e. The van der Waals surface area contributed by atoms with Crippen LogP contribution in [-0.4, -0.2) is 31.3 Å². The van der Waals surface area contributed by atoms with Crippen molar-refractivity contribution in [3.63, 3.8) is 0 Å². The predicted molar refractivity (Wildman–Crippen MR) is 59.2 cm³/mol. The van der Waals surface area contributed by atoms with E-state index in [1.165, 1.54) is 0 Å². The van der Waals surface area contributed by atoms with E-state index in [9.17, 15) is 4.79 Å². The summed E-state index contributed by atoms with van der Waals surface area (Å²) in [5, 5.41) is 0. The summed E-state index contributed by atoms with van der Waals surface area (Å²) in [6, 6.07) is 0. The summed E-state index contributed by atoms with van der Waals surface area (Å²) in [4.78, 5) is 14.0. The van der Waals surface area contributed by atoms with Crippen molar-refractivity contribution >= 4 is 5.78 Å². The second kappa shape index (κ2) is 4.74. The molecule has 1 unspecified atom stereocenters. The molecule has 0 aliphatic heterocycles. The third-order valence-corrected chi connectivity index (χ3v) is 2.57. The van der Waals surface area contributed by atoms with Crippen LogP contribution in [-0.2, 0) is 4.79 Å². The van der Waals surface area contributed by atoms with Gasteiger partial charge in [-0.05, 0) is 38.4 Å². The lowest BCUT2D eigenvalue weighted by Gasteiger charge is -2.13. The highest BCUT2D eigenvalue weighted by Crippen LogP contribution is 2.27. The van der Waals surface area contributed by atoms with Crippen LogP contribution in [0.15, 0.2) is 11.6 Å². The maximum atomic E-state index is 11.9. The van der Waals surface area contributed by atoms with Gasteiger partial charge in [0.15, 0.2) is 5.78 Å². The van der Waals surface area contributed by atoms with E-state index in [4.69, 9.17) is 0 Å². The first-order valence-corrected chi connectivity index (χ1v) is 5.40. The highest BCUT2D eigenvalue weighted by molar-refractivity contribution is 5.99. The number of carbonyl (C=O) groups excluding carboxylic acids is 1. The van der Waals surface area contributed by atoms with Crippen molar-refractivity contribution in [1.82, 2.24) is 4.90 Å². The number of hydrogen-bond donors (Lipinski definition) is 0. The first-order valence-electron chi connectivity index (χ1n) is 5.40. The molecular formula is C12H21NO. The summed E-state index contributed by atoms with van der Waals surface area (Å²) in [6.07, 6.45) is 4.14. The quantitative estimate of drug-likeness (QED) is 0.643. The Bertz CT molecular complexity index is 241. The lowest BCUT2D eigenvalue weighted by atomic mass is 10.0. The lowest BCUT2D eigenvalue weighted by molar-refractivity contribution is -0.118. The molecule has 0 spiro atoms. The molecular weight excluding hydrogens is 174 g/mol. The molecule has 0 saturated heterocycles. The van der Waals surface area contributed by atoms with E-state index in [1.807, 2.05) is 14.1 Å². The Morgan fingerprint density at radius 3 is 2.64 bits per heavy atom. The van der Waals surface area contributed by atoms with E-state index >= 15 is 0 Å². The van der Waals surface area contributed by atoms with Gasteiger partial charge in [0, 0.05) is 12.5 Å². The zero-order valence-electron chi connectivity index (χ0n) is 9.71. The lowest BCUT2D eigenvalue weighted by Crippen LogP contribution is -2.24. The summed E-state index contributed by atoms with van der Waals surface area (Å²) in [6.45, 7) is 5.15. The Morgan fingerprint density at radius 1 is 1.50 bits per heavy atom. The van der Waals surface area contributed by atoms with Crippen molar-refractivity contribution in [1.29, 1.82) is 0 Å². The predicted octanol–water partition coefficient (Wildman–Crippen LogP) is 2.11. The summed E-state index contributed by atoms with van der Waals surface area (Å²) in [5.74, 6) is 1.12. The van der Waals surface area contributed by atoms with Gasteiger partial charge >= 0.3 is 0 Å². The van der Waals surface area contributed by atoms with Crippen molar-refractivity contribution in [2.24, 2.45) is 11.8 Å².